The van der Waals surface area contributed by atoms with Gasteiger partial charge in [-0.05, 0) is 44.9 Å². The quantitative estimate of drug-likeness (QED) is 0.781. The van der Waals surface area contributed by atoms with Crippen LogP contribution in [0.25, 0.3) is 0 Å². The van der Waals surface area contributed by atoms with E-state index in [1.165, 1.54) is 0 Å². The van der Waals surface area contributed by atoms with Crippen LogP contribution in [0.1, 0.15) is 53.1 Å². The summed E-state index contributed by atoms with van der Waals surface area (Å²) in [4.78, 5) is 23.7. The maximum Gasteiger partial charge on any atom is 0.253 e. The Hall–Kier alpha value is -2.47. The van der Waals surface area contributed by atoms with Gasteiger partial charge in [0.05, 0.1) is 19.4 Å². The Morgan fingerprint density at radius 2 is 2.07 bits per heavy atom. The van der Waals surface area contributed by atoms with Crippen molar-refractivity contribution >= 4 is 5.91 Å². The van der Waals surface area contributed by atoms with Crippen LogP contribution >= 0.6 is 0 Å². The standard InChI is InChI=1S/C21H27N3O3/c1-4-27-14-18-13-22-15(2)23-20(18)16-8-10-24(11-9-16)21(25)17-6-5-7-19(12-17)26-3/h5-7,12-13,16H,4,8-11,14H2,1-3H3. The third-order valence-electron chi connectivity index (χ3n) is 4.97. The van der Waals surface area contributed by atoms with Crippen LogP contribution in [0.4, 0.5) is 0 Å². The second kappa shape index (κ2) is 8.95. The summed E-state index contributed by atoms with van der Waals surface area (Å²) in [6, 6.07) is 7.33. The molecule has 6 nitrogen and oxygen atoms in total. The molecule has 0 aliphatic carbocycles. The zero-order valence-electron chi connectivity index (χ0n) is 16.3. The summed E-state index contributed by atoms with van der Waals surface area (Å²) >= 11 is 0. The third-order valence-corrected chi connectivity index (χ3v) is 4.97. The van der Waals surface area contributed by atoms with E-state index >= 15 is 0 Å². The predicted molar refractivity (Wildman–Crippen MR) is 103 cm³/mol. The lowest BCUT2D eigenvalue weighted by Crippen LogP contribution is -2.38. The first kappa shape index (κ1) is 19.3. The highest BCUT2D eigenvalue weighted by atomic mass is 16.5. The average molecular weight is 369 g/mol. The molecule has 3 rings (SSSR count). The van der Waals surface area contributed by atoms with Crippen molar-refractivity contribution in [1.82, 2.24) is 14.9 Å². The summed E-state index contributed by atoms with van der Waals surface area (Å²) < 4.78 is 10.8. The zero-order valence-corrected chi connectivity index (χ0v) is 16.3. The number of carbonyl (C=O) groups is 1. The summed E-state index contributed by atoms with van der Waals surface area (Å²) in [5.41, 5.74) is 2.80. The SMILES string of the molecule is CCOCc1cnc(C)nc1C1CCN(C(=O)c2cccc(OC)c2)CC1. The molecule has 1 aromatic carbocycles. The lowest BCUT2D eigenvalue weighted by Gasteiger charge is -2.32. The van der Waals surface area contributed by atoms with Gasteiger partial charge in [-0.1, -0.05) is 6.07 Å². The van der Waals surface area contributed by atoms with E-state index in [0.717, 1.165) is 43.0 Å². The summed E-state index contributed by atoms with van der Waals surface area (Å²) in [5.74, 6) is 1.87. The lowest BCUT2D eigenvalue weighted by molar-refractivity contribution is 0.0710. The average Bonchev–Trinajstić information content (AvgIpc) is 2.72. The molecule has 6 heteroatoms. The van der Waals surface area contributed by atoms with Crippen molar-refractivity contribution < 1.29 is 14.3 Å². The number of hydrogen-bond acceptors (Lipinski definition) is 5. The van der Waals surface area contributed by atoms with Crippen molar-refractivity contribution in [2.24, 2.45) is 0 Å². The topological polar surface area (TPSA) is 64.6 Å². The molecule has 0 spiro atoms. The van der Waals surface area contributed by atoms with Gasteiger partial charge in [-0.2, -0.15) is 0 Å². The number of nitrogens with zero attached hydrogens (tertiary/aromatic N) is 3. The number of carbonyl (C=O) groups excluding carboxylic acids is 1. The Bertz CT molecular complexity index is 786. The number of aromatic nitrogens is 2. The molecule has 144 valence electrons. The van der Waals surface area contributed by atoms with Crippen molar-refractivity contribution in [1.29, 1.82) is 0 Å². The molecular formula is C21H27N3O3. The number of ether oxygens (including phenoxy) is 2. The Labute approximate surface area is 160 Å². The van der Waals surface area contributed by atoms with E-state index in [1.54, 1.807) is 13.2 Å². The van der Waals surface area contributed by atoms with E-state index in [1.807, 2.05) is 43.1 Å². The Kier molecular flexibility index (Phi) is 6.40. The smallest absolute Gasteiger partial charge is 0.253 e. The van der Waals surface area contributed by atoms with Crippen molar-refractivity contribution in [2.45, 2.75) is 39.2 Å². The molecule has 1 saturated heterocycles. The van der Waals surface area contributed by atoms with E-state index in [-0.39, 0.29) is 5.91 Å². The Morgan fingerprint density at radius 3 is 2.78 bits per heavy atom. The zero-order chi connectivity index (χ0) is 19.2. The molecule has 0 saturated carbocycles. The van der Waals surface area contributed by atoms with E-state index in [2.05, 4.69) is 9.97 Å². The van der Waals surface area contributed by atoms with Crippen LogP contribution in [0.2, 0.25) is 0 Å². The maximum absolute atomic E-state index is 12.8. The minimum atomic E-state index is 0.0563. The number of methoxy groups -OCH3 is 1. The summed E-state index contributed by atoms with van der Waals surface area (Å²) in [5, 5.41) is 0. The van der Waals surface area contributed by atoms with Crippen LogP contribution in [0.3, 0.4) is 0 Å². The van der Waals surface area contributed by atoms with Crippen molar-refractivity contribution in [3.05, 3.63) is 53.1 Å². The normalized spacial score (nSPS) is 15.0. The molecule has 0 atom stereocenters. The maximum atomic E-state index is 12.8. The van der Waals surface area contributed by atoms with Gasteiger partial charge in [0, 0.05) is 42.9 Å². The second-order valence-corrected chi connectivity index (χ2v) is 6.76. The molecule has 0 radical (unpaired) electrons. The number of hydrogen-bond donors (Lipinski definition) is 0. The largest absolute Gasteiger partial charge is 0.497 e. The van der Waals surface area contributed by atoms with E-state index in [4.69, 9.17) is 9.47 Å². The molecule has 2 heterocycles. The molecule has 1 amide bonds. The van der Waals surface area contributed by atoms with Gasteiger partial charge < -0.3 is 14.4 Å². The second-order valence-electron chi connectivity index (χ2n) is 6.76. The minimum absolute atomic E-state index is 0.0563. The summed E-state index contributed by atoms with van der Waals surface area (Å²) in [6.07, 6.45) is 3.66. The molecule has 27 heavy (non-hydrogen) atoms. The molecule has 0 N–H and O–H groups in total. The highest BCUT2D eigenvalue weighted by Gasteiger charge is 2.27. The number of piperidine rings is 1. The number of benzene rings is 1. The molecule has 0 bridgehead atoms. The van der Waals surface area contributed by atoms with Crippen molar-refractivity contribution in [3.63, 3.8) is 0 Å². The third kappa shape index (κ3) is 4.63. The molecule has 1 aliphatic rings. The van der Waals surface area contributed by atoms with Gasteiger partial charge in [0.2, 0.25) is 0 Å². The Balaban J connectivity index is 1.68. The van der Waals surface area contributed by atoms with Gasteiger partial charge in [-0.25, -0.2) is 9.97 Å². The summed E-state index contributed by atoms with van der Waals surface area (Å²) in [7, 11) is 1.61. The summed E-state index contributed by atoms with van der Waals surface area (Å²) in [6.45, 7) is 6.54. The first-order chi connectivity index (χ1) is 13.1. The molecular weight excluding hydrogens is 342 g/mol. The number of likely N-dealkylation sites (tertiary alicyclic amines) is 1. The van der Waals surface area contributed by atoms with Gasteiger partial charge in [0.1, 0.15) is 11.6 Å². The van der Waals surface area contributed by atoms with Gasteiger partial charge in [-0.15, -0.1) is 0 Å². The molecule has 2 aromatic rings. The van der Waals surface area contributed by atoms with E-state index in [0.29, 0.717) is 30.4 Å². The van der Waals surface area contributed by atoms with Crippen LogP contribution in [0, 0.1) is 6.92 Å². The molecule has 1 aromatic heterocycles. The van der Waals surface area contributed by atoms with Crippen molar-refractivity contribution in [2.75, 3.05) is 26.8 Å². The molecule has 1 aliphatic heterocycles. The minimum Gasteiger partial charge on any atom is -0.497 e. The Morgan fingerprint density at radius 1 is 1.30 bits per heavy atom. The van der Waals surface area contributed by atoms with Gasteiger partial charge in [0.25, 0.3) is 5.91 Å². The van der Waals surface area contributed by atoms with Gasteiger partial charge in [-0.3, -0.25) is 4.79 Å². The van der Waals surface area contributed by atoms with Crippen LogP contribution in [0.5, 0.6) is 5.75 Å². The highest BCUT2D eigenvalue weighted by molar-refractivity contribution is 5.94. The fraction of sp³-hybridized carbons (Fsp3) is 0.476. The fourth-order valence-corrected chi connectivity index (χ4v) is 3.48. The first-order valence-electron chi connectivity index (χ1n) is 9.45. The van der Waals surface area contributed by atoms with Crippen LogP contribution < -0.4 is 4.74 Å². The van der Waals surface area contributed by atoms with Crippen LogP contribution in [-0.4, -0.2) is 47.6 Å². The predicted octanol–water partition coefficient (Wildman–Crippen LogP) is 3.35. The monoisotopic (exact) mass is 369 g/mol. The van der Waals surface area contributed by atoms with Gasteiger partial charge in [0.15, 0.2) is 0 Å². The lowest BCUT2D eigenvalue weighted by atomic mass is 9.90. The molecule has 0 unspecified atom stereocenters. The van der Waals surface area contributed by atoms with Crippen molar-refractivity contribution in [3.8, 4) is 5.75 Å². The molecule has 1 fully saturated rings. The first-order valence-corrected chi connectivity index (χ1v) is 9.45. The van der Waals surface area contributed by atoms with E-state index < -0.39 is 0 Å². The number of rotatable bonds is 6. The highest BCUT2D eigenvalue weighted by Crippen LogP contribution is 2.30. The van der Waals surface area contributed by atoms with Crippen LogP contribution in [0.15, 0.2) is 30.5 Å². The number of aryl methyl sites for hydroxylation is 1. The van der Waals surface area contributed by atoms with E-state index in [9.17, 15) is 4.79 Å². The van der Waals surface area contributed by atoms with Gasteiger partial charge >= 0.3 is 0 Å². The number of amides is 1. The fourth-order valence-electron chi connectivity index (χ4n) is 3.48. The van der Waals surface area contributed by atoms with Crippen LogP contribution in [-0.2, 0) is 11.3 Å².